The zero-order chi connectivity index (χ0) is 33.5. The van der Waals surface area contributed by atoms with Gasteiger partial charge in [-0.1, -0.05) is 103 Å². The van der Waals surface area contributed by atoms with Crippen molar-refractivity contribution in [2.45, 2.75) is 0 Å². The molecule has 4 heteroatoms. The van der Waals surface area contributed by atoms with Gasteiger partial charge in [-0.25, -0.2) is 0 Å². The highest BCUT2D eigenvalue weighted by Crippen LogP contribution is 2.42. The lowest BCUT2D eigenvalue weighted by Gasteiger charge is -2.13. The molecule has 238 valence electrons. The van der Waals surface area contributed by atoms with E-state index >= 15 is 0 Å². The molecule has 4 aromatic heterocycles. The molecule has 7 aromatic carbocycles. The highest BCUT2D eigenvalue weighted by atomic mass is 15.0. The van der Waals surface area contributed by atoms with Crippen molar-refractivity contribution in [3.8, 4) is 28.2 Å². The molecule has 0 aliphatic heterocycles. The van der Waals surface area contributed by atoms with Crippen LogP contribution in [-0.4, -0.2) is 18.7 Å². The molecule has 0 saturated carbocycles. The number of aromatic nitrogens is 4. The summed E-state index contributed by atoms with van der Waals surface area (Å²) in [6, 6.07) is 63.4. The quantitative estimate of drug-likeness (QED) is 0.186. The molecular weight excluding hydrogens is 621 g/mol. The predicted octanol–water partition coefficient (Wildman–Crippen LogP) is 12.0. The largest absolute Gasteiger partial charge is 0.309 e. The van der Waals surface area contributed by atoms with Crippen LogP contribution in [0.3, 0.4) is 0 Å². The van der Waals surface area contributed by atoms with Gasteiger partial charge in [0.2, 0.25) is 0 Å². The molecule has 0 spiro atoms. The predicted molar refractivity (Wildman–Crippen MR) is 213 cm³/mol. The van der Waals surface area contributed by atoms with E-state index in [0.717, 1.165) is 44.6 Å². The molecule has 11 aromatic rings. The average molecular weight is 651 g/mol. The van der Waals surface area contributed by atoms with Crippen molar-refractivity contribution in [3.63, 3.8) is 0 Å². The van der Waals surface area contributed by atoms with Gasteiger partial charge in [-0.05, 0) is 83.9 Å². The summed E-state index contributed by atoms with van der Waals surface area (Å²) in [5, 5.41) is 6.14. The lowest BCUT2D eigenvalue weighted by molar-refractivity contribution is 1.17. The number of para-hydroxylation sites is 4. The third-order valence-electron chi connectivity index (χ3n) is 10.5. The minimum atomic E-state index is 0.997. The van der Waals surface area contributed by atoms with E-state index < -0.39 is 0 Å². The van der Waals surface area contributed by atoms with E-state index in [4.69, 9.17) is 4.98 Å². The molecule has 11 rings (SSSR count). The van der Waals surface area contributed by atoms with Gasteiger partial charge in [0.05, 0.1) is 44.0 Å². The fraction of sp³-hybridized carbons (Fsp3) is 0. The van der Waals surface area contributed by atoms with Crippen LogP contribution in [0.25, 0.3) is 93.7 Å². The highest BCUT2D eigenvalue weighted by Gasteiger charge is 2.21. The van der Waals surface area contributed by atoms with E-state index in [1.807, 2.05) is 12.3 Å². The van der Waals surface area contributed by atoms with Crippen molar-refractivity contribution in [1.82, 2.24) is 18.7 Å². The number of benzene rings is 7. The molecule has 0 fully saturated rings. The Hall–Kier alpha value is -6.91. The SMILES string of the molecule is c1ccc(-n2c3ccccc3c3ccc4c(c5ncccc5n4-c4cccc(-c5cccc(-n6c7ccccc7c7ccccc76)c5)c4)c32)cc1. The minimum Gasteiger partial charge on any atom is -0.309 e. The Balaban J connectivity index is 1.14. The van der Waals surface area contributed by atoms with Crippen LogP contribution >= 0.6 is 0 Å². The fourth-order valence-electron chi connectivity index (χ4n) is 8.34. The van der Waals surface area contributed by atoms with E-state index in [1.54, 1.807) is 0 Å². The molecule has 0 aliphatic carbocycles. The normalized spacial score (nSPS) is 11.9. The molecular formula is C47H30N4. The molecule has 4 heterocycles. The van der Waals surface area contributed by atoms with Gasteiger partial charge in [-0.3, -0.25) is 4.98 Å². The van der Waals surface area contributed by atoms with Crippen LogP contribution in [0.4, 0.5) is 0 Å². The van der Waals surface area contributed by atoms with Crippen LogP contribution in [0.15, 0.2) is 182 Å². The summed E-state index contributed by atoms with van der Waals surface area (Å²) in [4.78, 5) is 5.04. The molecule has 0 saturated heterocycles. The van der Waals surface area contributed by atoms with E-state index in [2.05, 4.69) is 184 Å². The molecule has 0 amide bonds. The molecule has 0 bridgehead atoms. The summed E-state index contributed by atoms with van der Waals surface area (Å²) < 4.78 is 7.17. The molecule has 0 atom stereocenters. The van der Waals surface area contributed by atoms with Gasteiger partial charge in [0, 0.05) is 44.8 Å². The first-order chi connectivity index (χ1) is 25.3. The third kappa shape index (κ3) is 4.05. The Kier molecular flexibility index (Phi) is 5.92. The third-order valence-corrected chi connectivity index (χ3v) is 10.5. The second-order valence-electron chi connectivity index (χ2n) is 13.2. The monoisotopic (exact) mass is 650 g/mol. The van der Waals surface area contributed by atoms with E-state index in [9.17, 15) is 0 Å². The maximum atomic E-state index is 5.04. The van der Waals surface area contributed by atoms with Gasteiger partial charge in [0.25, 0.3) is 0 Å². The Morgan fingerprint density at radius 1 is 0.333 bits per heavy atom. The van der Waals surface area contributed by atoms with Gasteiger partial charge in [0.15, 0.2) is 0 Å². The van der Waals surface area contributed by atoms with Crippen molar-refractivity contribution in [1.29, 1.82) is 0 Å². The minimum absolute atomic E-state index is 0.997. The van der Waals surface area contributed by atoms with Crippen molar-refractivity contribution in [2.75, 3.05) is 0 Å². The van der Waals surface area contributed by atoms with Crippen LogP contribution in [0.5, 0.6) is 0 Å². The van der Waals surface area contributed by atoms with Gasteiger partial charge < -0.3 is 13.7 Å². The van der Waals surface area contributed by atoms with Gasteiger partial charge in [-0.15, -0.1) is 0 Å². The topological polar surface area (TPSA) is 27.7 Å². The molecule has 0 N–H and O–H groups in total. The molecule has 51 heavy (non-hydrogen) atoms. The first kappa shape index (κ1) is 28.0. The van der Waals surface area contributed by atoms with Crippen LogP contribution in [0.2, 0.25) is 0 Å². The summed E-state index contributed by atoms with van der Waals surface area (Å²) in [5.74, 6) is 0. The molecule has 0 aliphatic rings. The fourth-order valence-corrected chi connectivity index (χ4v) is 8.34. The smallest absolute Gasteiger partial charge is 0.0984 e. The second-order valence-corrected chi connectivity index (χ2v) is 13.2. The van der Waals surface area contributed by atoms with Crippen LogP contribution in [0.1, 0.15) is 0 Å². The highest BCUT2D eigenvalue weighted by molar-refractivity contribution is 6.25. The van der Waals surface area contributed by atoms with Crippen molar-refractivity contribution < 1.29 is 0 Å². The van der Waals surface area contributed by atoms with Crippen molar-refractivity contribution >= 4 is 65.5 Å². The Morgan fingerprint density at radius 3 is 1.49 bits per heavy atom. The van der Waals surface area contributed by atoms with Crippen molar-refractivity contribution in [3.05, 3.63) is 182 Å². The maximum Gasteiger partial charge on any atom is 0.0984 e. The summed E-state index contributed by atoms with van der Waals surface area (Å²) in [6.45, 7) is 0. The number of hydrogen-bond acceptors (Lipinski definition) is 1. The van der Waals surface area contributed by atoms with Gasteiger partial charge >= 0.3 is 0 Å². The molecule has 4 nitrogen and oxygen atoms in total. The number of fused-ring (bicyclic) bond motifs is 10. The lowest BCUT2D eigenvalue weighted by Crippen LogP contribution is -1.96. The van der Waals surface area contributed by atoms with Crippen LogP contribution in [-0.2, 0) is 0 Å². The Morgan fingerprint density at radius 2 is 0.843 bits per heavy atom. The summed E-state index contributed by atoms with van der Waals surface area (Å²) >= 11 is 0. The van der Waals surface area contributed by atoms with Crippen LogP contribution in [0, 0.1) is 0 Å². The molecule has 0 unspecified atom stereocenters. The number of nitrogens with zero attached hydrogens (tertiary/aromatic N) is 4. The number of rotatable bonds is 4. The zero-order valence-electron chi connectivity index (χ0n) is 27.6. The van der Waals surface area contributed by atoms with E-state index in [0.29, 0.717) is 0 Å². The van der Waals surface area contributed by atoms with E-state index in [1.165, 1.54) is 49.2 Å². The zero-order valence-corrected chi connectivity index (χ0v) is 27.6. The number of hydrogen-bond donors (Lipinski definition) is 0. The second kappa shape index (κ2) is 10.8. The Bertz CT molecular complexity index is 3090. The summed E-state index contributed by atoms with van der Waals surface area (Å²) in [6.07, 6.45) is 1.91. The summed E-state index contributed by atoms with van der Waals surface area (Å²) in [7, 11) is 0. The summed E-state index contributed by atoms with van der Waals surface area (Å²) in [5.41, 5.74) is 13.7. The van der Waals surface area contributed by atoms with Gasteiger partial charge in [0.1, 0.15) is 0 Å². The van der Waals surface area contributed by atoms with Gasteiger partial charge in [-0.2, -0.15) is 0 Å². The molecule has 0 radical (unpaired) electrons. The maximum absolute atomic E-state index is 5.04. The first-order valence-electron chi connectivity index (χ1n) is 17.4. The standard InChI is InChI=1S/C47H30N4/c1-2-15-33(16-3-1)51-42-24-9-6-21-38(42)39-26-27-43-45(47(39)51)46-44(25-12-28-48-46)50(43)35-18-11-14-32(30-35)31-13-10-17-34(29-31)49-40-22-7-4-19-36(40)37-20-5-8-23-41(37)49/h1-30H. The number of pyridine rings is 1. The first-order valence-corrected chi connectivity index (χ1v) is 17.4. The average Bonchev–Trinajstić information content (AvgIpc) is 3.84. The lowest BCUT2D eigenvalue weighted by atomic mass is 10.0. The van der Waals surface area contributed by atoms with Crippen molar-refractivity contribution in [2.24, 2.45) is 0 Å². The van der Waals surface area contributed by atoms with Crippen LogP contribution < -0.4 is 0 Å². The van der Waals surface area contributed by atoms with E-state index in [-0.39, 0.29) is 0 Å². The Labute approximate surface area is 293 Å².